The van der Waals surface area contributed by atoms with Crippen LogP contribution in [0.4, 0.5) is 9.80 Å². The van der Waals surface area contributed by atoms with E-state index in [1.807, 2.05) is 31.2 Å². The molecule has 0 fully saturated rings. The van der Waals surface area contributed by atoms with Crippen molar-refractivity contribution in [3.63, 3.8) is 0 Å². The van der Waals surface area contributed by atoms with Crippen LogP contribution >= 0.6 is 11.3 Å². The minimum absolute atomic E-state index is 0.207. The van der Waals surface area contributed by atoms with Crippen LogP contribution in [0.25, 0.3) is 0 Å². The Labute approximate surface area is 173 Å². The second-order valence-electron chi connectivity index (χ2n) is 6.78. The van der Waals surface area contributed by atoms with Gasteiger partial charge >= 0.3 is 12.1 Å². The summed E-state index contributed by atoms with van der Waals surface area (Å²) in [5.74, 6) is -0.697. The lowest BCUT2D eigenvalue weighted by atomic mass is 10.0. The van der Waals surface area contributed by atoms with Crippen molar-refractivity contribution in [3.05, 3.63) is 51.4 Å². The SMILES string of the molecule is CCOC(=O)N1CCc2c(sc(NC(=O)Cc3ccc(C)cc3)c2C(=O)OC)C1. The number of rotatable bonds is 5. The number of nitrogens with one attached hydrogen (secondary N) is 1. The number of carbonyl (C=O) groups is 3. The van der Waals surface area contributed by atoms with Gasteiger partial charge in [0.2, 0.25) is 5.91 Å². The highest BCUT2D eigenvalue weighted by Gasteiger charge is 2.31. The summed E-state index contributed by atoms with van der Waals surface area (Å²) in [6.45, 7) is 4.85. The second kappa shape index (κ2) is 9.09. The third-order valence-electron chi connectivity index (χ3n) is 4.71. The molecule has 0 atom stereocenters. The van der Waals surface area contributed by atoms with Gasteiger partial charge in [-0.05, 0) is 31.4 Å². The van der Waals surface area contributed by atoms with Crippen molar-refractivity contribution in [2.45, 2.75) is 33.2 Å². The van der Waals surface area contributed by atoms with E-state index in [9.17, 15) is 14.4 Å². The van der Waals surface area contributed by atoms with Gasteiger partial charge in [-0.15, -0.1) is 11.3 Å². The predicted molar refractivity (Wildman–Crippen MR) is 110 cm³/mol. The maximum absolute atomic E-state index is 12.6. The number of hydrogen-bond acceptors (Lipinski definition) is 6. The standard InChI is InChI=1S/C21H24N2O5S/c1-4-28-21(26)23-10-9-15-16(12-23)29-19(18(15)20(25)27-3)22-17(24)11-14-7-5-13(2)6-8-14/h5-8H,4,9-12H2,1-3H3,(H,22,24). The van der Waals surface area contributed by atoms with Crippen molar-refractivity contribution in [2.75, 3.05) is 25.6 Å². The summed E-state index contributed by atoms with van der Waals surface area (Å²) in [7, 11) is 1.32. The number of benzene rings is 1. The summed E-state index contributed by atoms with van der Waals surface area (Å²) < 4.78 is 10.0. The quantitative estimate of drug-likeness (QED) is 0.754. The number of thiophene rings is 1. The molecule has 0 aliphatic carbocycles. The summed E-state index contributed by atoms with van der Waals surface area (Å²) >= 11 is 1.30. The Bertz CT molecular complexity index is 920. The molecule has 1 aliphatic heterocycles. The zero-order valence-corrected chi connectivity index (χ0v) is 17.6. The molecule has 1 aliphatic rings. The van der Waals surface area contributed by atoms with Crippen molar-refractivity contribution in [3.8, 4) is 0 Å². The van der Waals surface area contributed by atoms with Crippen LogP contribution in [0.15, 0.2) is 24.3 Å². The monoisotopic (exact) mass is 416 g/mol. The average molecular weight is 416 g/mol. The maximum atomic E-state index is 12.6. The molecule has 0 bridgehead atoms. The van der Waals surface area contributed by atoms with Crippen LogP contribution in [0, 0.1) is 6.92 Å². The zero-order chi connectivity index (χ0) is 21.0. The minimum Gasteiger partial charge on any atom is -0.465 e. The normalized spacial score (nSPS) is 12.9. The lowest BCUT2D eigenvalue weighted by Gasteiger charge is -2.26. The number of anilines is 1. The first kappa shape index (κ1) is 20.9. The maximum Gasteiger partial charge on any atom is 0.410 e. The topological polar surface area (TPSA) is 84.9 Å². The number of ether oxygens (including phenoxy) is 2. The van der Waals surface area contributed by atoms with Gasteiger partial charge in [0, 0.05) is 11.4 Å². The fourth-order valence-electron chi connectivity index (χ4n) is 3.24. The van der Waals surface area contributed by atoms with E-state index < -0.39 is 5.97 Å². The summed E-state index contributed by atoms with van der Waals surface area (Å²) in [6, 6.07) is 7.73. The molecule has 0 saturated carbocycles. The van der Waals surface area contributed by atoms with E-state index in [-0.39, 0.29) is 18.4 Å². The zero-order valence-electron chi connectivity index (χ0n) is 16.7. The average Bonchev–Trinajstić information content (AvgIpc) is 3.06. The van der Waals surface area contributed by atoms with Gasteiger partial charge in [-0.25, -0.2) is 9.59 Å². The van der Waals surface area contributed by atoms with E-state index in [4.69, 9.17) is 9.47 Å². The first-order chi connectivity index (χ1) is 13.9. The van der Waals surface area contributed by atoms with Crippen molar-refractivity contribution in [1.82, 2.24) is 4.90 Å². The summed E-state index contributed by atoms with van der Waals surface area (Å²) in [4.78, 5) is 39.4. The highest BCUT2D eigenvalue weighted by molar-refractivity contribution is 7.17. The number of aryl methyl sites for hydroxylation is 1. The first-order valence-corrected chi connectivity index (χ1v) is 10.2. The van der Waals surface area contributed by atoms with Gasteiger partial charge in [-0.1, -0.05) is 29.8 Å². The predicted octanol–water partition coefficient (Wildman–Crippen LogP) is 3.54. The second-order valence-corrected chi connectivity index (χ2v) is 7.89. The van der Waals surface area contributed by atoms with Gasteiger partial charge in [-0.2, -0.15) is 0 Å². The molecule has 1 N–H and O–H groups in total. The molecule has 2 aromatic rings. The highest BCUT2D eigenvalue weighted by Crippen LogP contribution is 2.37. The summed E-state index contributed by atoms with van der Waals surface area (Å²) in [6.07, 6.45) is 0.331. The molecule has 0 spiro atoms. The molecular formula is C21H24N2O5S. The van der Waals surface area contributed by atoms with Crippen LogP contribution in [0.3, 0.4) is 0 Å². The molecule has 0 saturated heterocycles. The number of carbonyl (C=O) groups excluding carboxylic acids is 3. The molecule has 0 unspecified atom stereocenters. The molecule has 0 radical (unpaired) electrons. The van der Waals surface area contributed by atoms with Gasteiger partial charge < -0.3 is 19.7 Å². The first-order valence-electron chi connectivity index (χ1n) is 9.42. The Morgan fingerprint density at radius 2 is 1.93 bits per heavy atom. The van der Waals surface area contributed by atoms with Crippen LogP contribution in [0.2, 0.25) is 0 Å². The Hall–Kier alpha value is -2.87. The van der Waals surface area contributed by atoms with Gasteiger partial charge in [-0.3, -0.25) is 4.79 Å². The Morgan fingerprint density at radius 3 is 2.59 bits per heavy atom. The fraction of sp³-hybridized carbons (Fsp3) is 0.381. The third-order valence-corrected chi connectivity index (χ3v) is 5.84. The number of nitrogens with zero attached hydrogens (tertiary/aromatic N) is 1. The van der Waals surface area contributed by atoms with Crippen molar-refractivity contribution in [1.29, 1.82) is 0 Å². The van der Waals surface area contributed by atoms with E-state index >= 15 is 0 Å². The van der Waals surface area contributed by atoms with E-state index in [1.54, 1.807) is 11.8 Å². The van der Waals surface area contributed by atoms with Crippen LogP contribution in [0.5, 0.6) is 0 Å². The van der Waals surface area contributed by atoms with Crippen LogP contribution in [0.1, 0.15) is 38.8 Å². The Kier molecular flexibility index (Phi) is 6.53. The molecular weight excluding hydrogens is 392 g/mol. The van der Waals surface area contributed by atoms with Gasteiger partial charge in [0.15, 0.2) is 0 Å². The van der Waals surface area contributed by atoms with E-state index in [1.165, 1.54) is 18.4 Å². The van der Waals surface area contributed by atoms with Gasteiger partial charge in [0.05, 0.1) is 32.2 Å². The molecule has 2 amide bonds. The van der Waals surface area contributed by atoms with Crippen LogP contribution < -0.4 is 5.32 Å². The number of amides is 2. The fourth-order valence-corrected chi connectivity index (χ4v) is 4.51. The van der Waals surface area contributed by atoms with E-state index in [2.05, 4.69) is 5.32 Å². The Morgan fingerprint density at radius 1 is 1.21 bits per heavy atom. The van der Waals surface area contributed by atoms with Crippen molar-refractivity contribution in [2.24, 2.45) is 0 Å². The molecule has 8 heteroatoms. The molecule has 7 nitrogen and oxygen atoms in total. The Balaban J connectivity index is 1.81. The number of esters is 1. The van der Waals surface area contributed by atoms with Crippen LogP contribution in [-0.4, -0.2) is 43.1 Å². The van der Waals surface area contributed by atoms with Gasteiger partial charge in [0.1, 0.15) is 5.00 Å². The highest BCUT2D eigenvalue weighted by atomic mass is 32.1. The molecule has 1 aromatic carbocycles. The molecule has 29 heavy (non-hydrogen) atoms. The lowest BCUT2D eigenvalue weighted by molar-refractivity contribution is -0.115. The van der Waals surface area contributed by atoms with Gasteiger partial charge in [0.25, 0.3) is 0 Å². The lowest BCUT2D eigenvalue weighted by Crippen LogP contribution is -2.36. The number of hydrogen-bond donors (Lipinski definition) is 1. The molecule has 2 heterocycles. The van der Waals surface area contributed by atoms with E-state index in [0.717, 1.165) is 21.6 Å². The van der Waals surface area contributed by atoms with Crippen LogP contribution in [-0.2, 0) is 33.7 Å². The molecule has 1 aromatic heterocycles. The minimum atomic E-state index is -0.488. The largest absolute Gasteiger partial charge is 0.465 e. The molecule has 3 rings (SSSR count). The van der Waals surface area contributed by atoms with Crippen molar-refractivity contribution >= 4 is 34.3 Å². The number of fused-ring (bicyclic) bond motifs is 1. The van der Waals surface area contributed by atoms with E-state index in [0.29, 0.717) is 36.7 Å². The molecule has 154 valence electrons. The summed E-state index contributed by atoms with van der Waals surface area (Å²) in [5, 5.41) is 3.32. The number of methoxy groups -OCH3 is 1. The third kappa shape index (κ3) is 4.76. The van der Waals surface area contributed by atoms with Crippen molar-refractivity contribution < 1.29 is 23.9 Å². The smallest absolute Gasteiger partial charge is 0.410 e. The summed E-state index contributed by atoms with van der Waals surface area (Å²) in [5.41, 5.74) is 3.23.